The fourth-order valence-corrected chi connectivity index (χ4v) is 4.34. The Morgan fingerprint density at radius 3 is 2.58 bits per heavy atom. The Morgan fingerprint density at radius 2 is 1.81 bits per heavy atom. The van der Waals surface area contributed by atoms with E-state index in [-0.39, 0.29) is 17.2 Å². The van der Waals surface area contributed by atoms with E-state index in [0.29, 0.717) is 29.0 Å². The quantitative estimate of drug-likeness (QED) is 0.634. The number of nitrogens with one attached hydrogen (secondary N) is 1. The molecule has 1 amide bonds. The molecule has 2 aromatic carbocycles. The average molecular weight is 419 g/mol. The molecule has 0 bridgehead atoms. The maximum atomic E-state index is 13.2. The lowest BCUT2D eigenvalue weighted by molar-refractivity contribution is 0.0908. The Balaban J connectivity index is 1.62. The van der Waals surface area contributed by atoms with Crippen LogP contribution in [0.5, 0.6) is 0 Å². The first-order valence-corrected chi connectivity index (χ1v) is 11.3. The van der Waals surface area contributed by atoms with E-state index in [2.05, 4.69) is 22.2 Å². The number of unbranched alkanes of at least 4 members (excludes halogenated alkanes) is 1. The third-order valence-corrected chi connectivity index (χ3v) is 6.07. The van der Waals surface area contributed by atoms with Crippen molar-refractivity contribution in [1.29, 1.82) is 0 Å². The summed E-state index contributed by atoms with van der Waals surface area (Å²) in [6, 6.07) is 16.8. The van der Waals surface area contributed by atoms with Crippen molar-refractivity contribution in [2.45, 2.75) is 45.1 Å². The molecular formula is C25H30N4O2. The zero-order valence-corrected chi connectivity index (χ0v) is 18.1. The van der Waals surface area contributed by atoms with Gasteiger partial charge in [-0.3, -0.25) is 14.5 Å². The summed E-state index contributed by atoms with van der Waals surface area (Å²) in [6.07, 6.45) is 5.87. The summed E-state index contributed by atoms with van der Waals surface area (Å²) in [5.74, 6) is -0.234. The minimum Gasteiger partial charge on any atom is -0.349 e. The van der Waals surface area contributed by atoms with Gasteiger partial charge in [-0.05, 0) is 50.6 Å². The first kappa shape index (κ1) is 21.2. The number of amides is 1. The highest BCUT2D eigenvalue weighted by Crippen LogP contribution is 2.18. The molecule has 4 rings (SSSR count). The van der Waals surface area contributed by atoms with Crippen molar-refractivity contribution in [3.63, 3.8) is 0 Å². The summed E-state index contributed by atoms with van der Waals surface area (Å²) >= 11 is 0. The van der Waals surface area contributed by atoms with Crippen molar-refractivity contribution in [2.75, 3.05) is 19.6 Å². The molecule has 3 aromatic rings. The van der Waals surface area contributed by atoms with Crippen LogP contribution in [0.3, 0.4) is 0 Å². The first-order valence-electron chi connectivity index (χ1n) is 11.3. The molecule has 1 aliphatic heterocycles. The van der Waals surface area contributed by atoms with Gasteiger partial charge < -0.3 is 5.32 Å². The Bertz CT molecular complexity index is 1090. The van der Waals surface area contributed by atoms with Gasteiger partial charge in [0.05, 0.1) is 11.1 Å². The summed E-state index contributed by atoms with van der Waals surface area (Å²) in [4.78, 5) is 28.7. The van der Waals surface area contributed by atoms with Crippen molar-refractivity contribution in [1.82, 2.24) is 20.0 Å². The Kier molecular flexibility index (Phi) is 6.77. The number of hydrogen-bond donors (Lipinski definition) is 1. The van der Waals surface area contributed by atoms with Gasteiger partial charge >= 0.3 is 0 Å². The van der Waals surface area contributed by atoms with E-state index < -0.39 is 0 Å². The Hall–Kier alpha value is -2.99. The Labute approximate surface area is 182 Å². The first-order chi connectivity index (χ1) is 15.2. The van der Waals surface area contributed by atoms with Crippen molar-refractivity contribution in [3.05, 3.63) is 70.6 Å². The van der Waals surface area contributed by atoms with Crippen LogP contribution in [0, 0.1) is 0 Å². The van der Waals surface area contributed by atoms with E-state index in [1.807, 2.05) is 42.5 Å². The number of fused-ring (bicyclic) bond motifs is 1. The second-order valence-corrected chi connectivity index (χ2v) is 8.20. The smallest absolute Gasteiger partial charge is 0.279 e. The maximum Gasteiger partial charge on any atom is 0.279 e. The van der Waals surface area contributed by atoms with E-state index in [1.54, 1.807) is 12.1 Å². The van der Waals surface area contributed by atoms with Crippen LogP contribution >= 0.6 is 0 Å². The molecule has 0 saturated carbocycles. The van der Waals surface area contributed by atoms with E-state index in [1.165, 1.54) is 30.4 Å². The van der Waals surface area contributed by atoms with Gasteiger partial charge in [-0.1, -0.05) is 56.2 Å². The number of carbonyl (C=O) groups is 1. The molecule has 1 unspecified atom stereocenters. The summed E-state index contributed by atoms with van der Waals surface area (Å²) in [5, 5.41) is 8.67. The van der Waals surface area contributed by atoms with Gasteiger partial charge in [-0.25, -0.2) is 0 Å². The monoisotopic (exact) mass is 418 g/mol. The van der Waals surface area contributed by atoms with Gasteiger partial charge in [0.1, 0.15) is 0 Å². The largest absolute Gasteiger partial charge is 0.349 e. The number of hydrogen-bond acceptors (Lipinski definition) is 4. The molecule has 1 aromatic heterocycles. The predicted octanol–water partition coefficient (Wildman–Crippen LogP) is 3.77. The highest BCUT2D eigenvalue weighted by atomic mass is 16.2. The van der Waals surface area contributed by atoms with Crippen LogP contribution in [0.1, 0.15) is 49.5 Å². The summed E-state index contributed by atoms with van der Waals surface area (Å²) in [6.45, 7) is 4.99. The van der Waals surface area contributed by atoms with Crippen molar-refractivity contribution in [2.24, 2.45) is 0 Å². The molecule has 0 aliphatic carbocycles. The van der Waals surface area contributed by atoms with Crippen LogP contribution in [-0.2, 0) is 0 Å². The molecule has 31 heavy (non-hydrogen) atoms. The minimum atomic E-state index is -0.234. The lowest BCUT2D eigenvalue weighted by Crippen LogP contribution is -2.47. The highest BCUT2D eigenvalue weighted by molar-refractivity contribution is 6.04. The molecule has 1 saturated heterocycles. The van der Waals surface area contributed by atoms with Crippen LogP contribution in [0.4, 0.5) is 0 Å². The van der Waals surface area contributed by atoms with Gasteiger partial charge in [0.2, 0.25) is 0 Å². The topological polar surface area (TPSA) is 67.2 Å². The molecule has 2 heterocycles. The van der Waals surface area contributed by atoms with Gasteiger partial charge in [0.15, 0.2) is 5.69 Å². The molecule has 0 spiro atoms. The van der Waals surface area contributed by atoms with Gasteiger partial charge in [-0.2, -0.15) is 9.78 Å². The molecule has 0 radical (unpaired) electrons. The van der Waals surface area contributed by atoms with Crippen LogP contribution < -0.4 is 10.9 Å². The van der Waals surface area contributed by atoms with E-state index in [9.17, 15) is 9.59 Å². The van der Waals surface area contributed by atoms with Gasteiger partial charge in [0, 0.05) is 18.0 Å². The van der Waals surface area contributed by atoms with Gasteiger partial charge in [-0.15, -0.1) is 0 Å². The number of para-hydroxylation sites is 1. The SMILES string of the molecule is CCCCN1CCCCC1CNC(=O)c1nn(-c2ccccc2)c(=O)c2ccccc12. The standard InChI is InChI=1S/C25H30N4O2/c1-2-3-16-28-17-10-9-13-20(28)18-26-24(30)23-21-14-7-8-15-22(21)25(31)29(27-23)19-11-5-4-6-12-19/h4-8,11-12,14-15,20H,2-3,9-10,13,16-18H2,1H3,(H,26,30). The lowest BCUT2D eigenvalue weighted by Gasteiger charge is -2.35. The van der Waals surface area contributed by atoms with Crippen molar-refractivity contribution in [3.8, 4) is 5.69 Å². The number of benzene rings is 2. The van der Waals surface area contributed by atoms with E-state index >= 15 is 0 Å². The summed E-state index contributed by atoms with van der Waals surface area (Å²) in [5.41, 5.74) is 0.705. The molecule has 1 fully saturated rings. The molecule has 6 nitrogen and oxygen atoms in total. The fourth-order valence-electron chi connectivity index (χ4n) is 4.34. The van der Waals surface area contributed by atoms with Gasteiger partial charge in [0.25, 0.3) is 11.5 Å². The normalized spacial score (nSPS) is 17.0. The molecule has 1 N–H and O–H groups in total. The molecule has 1 aliphatic rings. The maximum absolute atomic E-state index is 13.2. The third-order valence-electron chi connectivity index (χ3n) is 6.07. The number of piperidine rings is 1. The zero-order valence-electron chi connectivity index (χ0n) is 18.1. The van der Waals surface area contributed by atoms with Crippen molar-refractivity contribution < 1.29 is 4.79 Å². The zero-order chi connectivity index (χ0) is 21.6. The molecule has 1 atom stereocenters. The number of rotatable bonds is 7. The Morgan fingerprint density at radius 1 is 1.06 bits per heavy atom. The number of nitrogens with zero attached hydrogens (tertiary/aromatic N) is 3. The third kappa shape index (κ3) is 4.69. The summed E-state index contributed by atoms with van der Waals surface area (Å²) < 4.78 is 1.32. The number of likely N-dealkylation sites (tertiary alicyclic amines) is 1. The van der Waals surface area contributed by atoms with Crippen LogP contribution in [0.25, 0.3) is 16.5 Å². The molecule has 6 heteroatoms. The average Bonchev–Trinajstić information content (AvgIpc) is 2.82. The van der Waals surface area contributed by atoms with E-state index in [0.717, 1.165) is 19.5 Å². The lowest BCUT2D eigenvalue weighted by atomic mass is 10.0. The second-order valence-electron chi connectivity index (χ2n) is 8.20. The van der Waals surface area contributed by atoms with Crippen LogP contribution in [0.2, 0.25) is 0 Å². The minimum absolute atomic E-state index is 0.226. The fraction of sp³-hybridized carbons (Fsp3) is 0.400. The highest BCUT2D eigenvalue weighted by Gasteiger charge is 2.24. The summed E-state index contributed by atoms with van der Waals surface area (Å²) in [7, 11) is 0. The van der Waals surface area contributed by atoms with Crippen LogP contribution in [0.15, 0.2) is 59.4 Å². The number of carbonyl (C=O) groups excluding carboxylic acids is 1. The second kappa shape index (κ2) is 9.88. The molecular weight excluding hydrogens is 388 g/mol. The van der Waals surface area contributed by atoms with Crippen molar-refractivity contribution >= 4 is 16.7 Å². The number of aromatic nitrogens is 2. The van der Waals surface area contributed by atoms with E-state index in [4.69, 9.17) is 0 Å². The predicted molar refractivity (Wildman–Crippen MR) is 124 cm³/mol. The molecule has 162 valence electrons. The van der Waals surface area contributed by atoms with Crippen LogP contribution in [-0.4, -0.2) is 46.3 Å².